The lowest BCUT2D eigenvalue weighted by atomic mass is 10.2. The smallest absolute Gasteiger partial charge is 0.311 e. The third-order valence-corrected chi connectivity index (χ3v) is 2.61. The first kappa shape index (κ1) is 16.9. The highest BCUT2D eigenvalue weighted by Crippen LogP contribution is 2.28. The Morgan fingerprint density at radius 3 is 2.59 bits per heavy atom. The molecule has 0 aliphatic rings. The maximum atomic E-state index is 10.7. The number of nitro benzene ring substituents is 1. The number of phenolic OH excluding ortho intramolecular Hbond substituents is 1. The van der Waals surface area contributed by atoms with Crippen molar-refractivity contribution >= 4 is 17.6 Å². The number of hydrogen-bond donors (Lipinski definition) is 1. The van der Waals surface area contributed by atoms with Crippen LogP contribution in [0.2, 0.25) is 0 Å². The van der Waals surface area contributed by atoms with Gasteiger partial charge in [0.15, 0.2) is 0 Å². The van der Waals surface area contributed by atoms with Gasteiger partial charge in [-0.2, -0.15) is 0 Å². The molecule has 0 unspecified atom stereocenters. The topological polar surface area (TPSA) is 75.7 Å². The van der Waals surface area contributed by atoms with E-state index in [4.69, 9.17) is 6.42 Å². The largest absolute Gasteiger partial charge is 0.502 e. The van der Waals surface area contributed by atoms with Crippen LogP contribution in [0.1, 0.15) is 25.0 Å². The Kier molecular flexibility index (Phi) is 6.32. The fourth-order valence-electron chi connectivity index (χ4n) is 1.62. The summed E-state index contributed by atoms with van der Waals surface area (Å²) in [5.74, 6) is 2.08. The Bertz CT molecular complexity index is 731. The van der Waals surface area contributed by atoms with Gasteiger partial charge in [0.05, 0.1) is 10.6 Å². The number of phenols is 1. The van der Waals surface area contributed by atoms with E-state index in [1.165, 1.54) is 24.4 Å². The van der Waals surface area contributed by atoms with Crippen LogP contribution in [0, 0.1) is 22.5 Å². The first-order valence-electron chi connectivity index (χ1n) is 6.69. The summed E-state index contributed by atoms with van der Waals surface area (Å²) in [4.78, 5) is 14.2. The predicted molar refractivity (Wildman–Crippen MR) is 87.7 cm³/mol. The molecular formula is C17H16N2O3. The van der Waals surface area contributed by atoms with Crippen LogP contribution in [0.15, 0.2) is 47.5 Å². The van der Waals surface area contributed by atoms with E-state index in [9.17, 15) is 15.2 Å². The van der Waals surface area contributed by atoms with Gasteiger partial charge in [0.1, 0.15) is 0 Å². The van der Waals surface area contributed by atoms with Crippen molar-refractivity contribution in [2.75, 3.05) is 0 Å². The number of aliphatic imine (C=N–C) groups is 1. The number of nitrogens with zero attached hydrogens (tertiary/aromatic N) is 2. The summed E-state index contributed by atoms with van der Waals surface area (Å²) in [6.45, 7) is 4.00. The van der Waals surface area contributed by atoms with Crippen molar-refractivity contribution in [3.05, 3.63) is 63.7 Å². The van der Waals surface area contributed by atoms with Crippen molar-refractivity contribution in [3.63, 3.8) is 0 Å². The minimum atomic E-state index is -0.647. The van der Waals surface area contributed by atoms with Crippen LogP contribution in [-0.4, -0.2) is 16.2 Å². The van der Waals surface area contributed by atoms with Crippen molar-refractivity contribution in [1.82, 2.24) is 0 Å². The van der Waals surface area contributed by atoms with Gasteiger partial charge in [-0.3, -0.25) is 15.1 Å². The quantitative estimate of drug-likeness (QED) is 0.401. The molecule has 5 heteroatoms. The van der Waals surface area contributed by atoms with Gasteiger partial charge in [-0.15, -0.1) is 6.42 Å². The van der Waals surface area contributed by atoms with Crippen molar-refractivity contribution in [3.8, 4) is 18.1 Å². The molecule has 22 heavy (non-hydrogen) atoms. The van der Waals surface area contributed by atoms with Gasteiger partial charge in [-0.05, 0) is 24.3 Å². The second-order valence-corrected chi connectivity index (χ2v) is 3.92. The molecule has 0 atom stereocenters. The summed E-state index contributed by atoms with van der Waals surface area (Å²) in [6, 6.07) is 11.2. The maximum Gasteiger partial charge on any atom is 0.311 e. The Balaban J connectivity index is 0.00000116. The van der Waals surface area contributed by atoms with Crippen molar-refractivity contribution in [2.45, 2.75) is 13.8 Å². The number of hydrogen-bond acceptors (Lipinski definition) is 4. The highest BCUT2D eigenvalue weighted by molar-refractivity contribution is 5.87. The Morgan fingerprint density at radius 2 is 1.95 bits per heavy atom. The molecule has 0 aliphatic carbocycles. The van der Waals surface area contributed by atoms with Crippen LogP contribution in [0.4, 0.5) is 11.4 Å². The summed E-state index contributed by atoms with van der Waals surface area (Å²) in [5.41, 5.74) is 1.20. The molecule has 0 spiro atoms. The highest BCUT2D eigenvalue weighted by atomic mass is 16.6. The zero-order valence-electron chi connectivity index (χ0n) is 12.4. The van der Waals surface area contributed by atoms with E-state index in [0.717, 1.165) is 0 Å². The lowest BCUT2D eigenvalue weighted by Gasteiger charge is -2.00. The molecule has 112 valence electrons. The van der Waals surface area contributed by atoms with E-state index in [1.54, 1.807) is 24.3 Å². The van der Waals surface area contributed by atoms with Gasteiger partial charge in [0.25, 0.3) is 0 Å². The minimum absolute atomic E-state index is 0.269. The summed E-state index contributed by atoms with van der Waals surface area (Å²) in [6.07, 6.45) is 6.65. The average Bonchev–Trinajstić information content (AvgIpc) is 2.55. The van der Waals surface area contributed by atoms with Crippen molar-refractivity contribution in [2.24, 2.45) is 4.99 Å². The molecular weight excluding hydrogens is 280 g/mol. The molecule has 2 rings (SSSR count). The summed E-state index contributed by atoms with van der Waals surface area (Å²) in [5, 5.41) is 20.5. The molecule has 0 aliphatic heterocycles. The molecule has 5 nitrogen and oxygen atoms in total. The first-order chi connectivity index (χ1) is 10.6. The van der Waals surface area contributed by atoms with Gasteiger partial charge in [0.2, 0.25) is 5.75 Å². The van der Waals surface area contributed by atoms with Gasteiger partial charge >= 0.3 is 5.69 Å². The zero-order valence-corrected chi connectivity index (χ0v) is 12.4. The third-order valence-electron chi connectivity index (χ3n) is 2.61. The van der Waals surface area contributed by atoms with Gasteiger partial charge in [-0.1, -0.05) is 31.9 Å². The lowest BCUT2D eigenvalue weighted by molar-refractivity contribution is -0.385. The molecule has 0 amide bonds. The summed E-state index contributed by atoms with van der Waals surface area (Å²) < 4.78 is 0. The molecule has 0 fully saturated rings. The summed E-state index contributed by atoms with van der Waals surface area (Å²) >= 11 is 0. The Morgan fingerprint density at radius 1 is 1.27 bits per heavy atom. The number of nitro groups is 1. The first-order valence-corrected chi connectivity index (χ1v) is 6.69. The minimum Gasteiger partial charge on any atom is -0.502 e. The highest BCUT2D eigenvalue weighted by Gasteiger charge is 2.14. The Labute approximate surface area is 129 Å². The third kappa shape index (κ3) is 4.18. The summed E-state index contributed by atoms with van der Waals surface area (Å²) in [7, 11) is 0. The van der Waals surface area contributed by atoms with Gasteiger partial charge in [0, 0.05) is 23.4 Å². The van der Waals surface area contributed by atoms with Gasteiger partial charge < -0.3 is 5.11 Å². The van der Waals surface area contributed by atoms with Crippen LogP contribution in [-0.2, 0) is 0 Å². The van der Waals surface area contributed by atoms with E-state index in [2.05, 4.69) is 10.9 Å². The fraction of sp³-hybridized carbons (Fsp3) is 0.118. The lowest BCUT2D eigenvalue weighted by Crippen LogP contribution is -1.91. The van der Waals surface area contributed by atoms with E-state index in [1.807, 2.05) is 13.8 Å². The molecule has 0 aromatic heterocycles. The second kappa shape index (κ2) is 8.22. The predicted octanol–water partition coefficient (Wildman–Crippen LogP) is 4.06. The molecule has 2 aromatic carbocycles. The monoisotopic (exact) mass is 296 g/mol. The van der Waals surface area contributed by atoms with Crippen LogP contribution < -0.4 is 0 Å². The van der Waals surface area contributed by atoms with Gasteiger partial charge in [-0.25, -0.2) is 0 Å². The van der Waals surface area contributed by atoms with Crippen LogP contribution in [0.25, 0.3) is 0 Å². The number of aromatic hydroxyl groups is 1. The van der Waals surface area contributed by atoms with Crippen LogP contribution >= 0.6 is 0 Å². The van der Waals surface area contributed by atoms with E-state index < -0.39 is 10.7 Å². The molecule has 0 radical (unpaired) electrons. The Hall–Kier alpha value is -3.13. The second-order valence-electron chi connectivity index (χ2n) is 3.92. The number of para-hydroxylation sites is 1. The molecule has 2 aromatic rings. The van der Waals surface area contributed by atoms with Crippen molar-refractivity contribution < 1.29 is 10.0 Å². The SMILES string of the molecule is C#Cc1cccc(N=Cc2cccc([N+](=O)[O-])c2O)c1.CC. The van der Waals surface area contributed by atoms with E-state index in [0.29, 0.717) is 11.3 Å². The van der Waals surface area contributed by atoms with E-state index >= 15 is 0 Å². The standard InChI is InChI=1S/C15H10N2O3.C2H6/c1-2-11-5-3-7-13(9-11)16-10-12-6-4-8-14(15(12)18)17(19)20;1-2/h1,3-10,18H;1-2H3. The maximum absolute atomic E-state index is 10.7. The van der Waals surface area contributed by atoms with E-state index in [-0.39, 0.29) is 11.3 Å². The molecule has 0 bridgehead atoms. The normalized spacial score (nSPS) is 9.68. The molecule has 0 saturated carbocycles. The van der Waals surface area contributed by atoms with Crippen LogP contribution in [0.5, 0.6) is 5.75 Å². The molecule has 0 heterocycles. The number of terminal acetylenes is 1. The van der Waals surface area contributed by atoms with Crippen LogP contribution in [0.3, 0.4) is 0 Å². The van der Waals surface area contributed by atoms with Crippen molar-refractivity contribution in [1.29, 1.82) is 0 Å². The number of benzene rings is 2. The zero-order chi connectivity index (χ0) is 16.5. The number of rotatable bonds is 3. The molecule has 0 saturated heterocycles. The average molecular weight is 296 g/mol. The fourth-order valence-corrected chi connectivity index (χ4v) is 1.62. The molecule has 1 N–H and O–H groups in total.